The van der Waals surface area contributed by atoms with Crippen molar-refractivity contribution in [3.63, 3.8) is 0 Å². The third-order valence-electron chi connectivity index (χ3n) is 3.89. The van der Waals surface area contributed by atoms with E-state index in [2.05, 4.69) is 10.6 Å². The molecule has 0 saturated heterocycles. The van der Waals surface area contributed by atoms with Gasteiger partial charge in [-0.25, -0.2) is 0 Å². The molecule has 0 unspecified atom stereocenters. The molecule has 1 aromatic rings. The second-order valence-corrected chi connectivity index (χ2v) is 6.00. The van der Waals surface area contributed by atoms with E-state index in [1.807, 2.05) is 26.0 Å². The molecule has 2 amide bonds. The summed E-state index contributed by atoms with van der Waals surface area (Å²) in [5, 5.41) is 5.92. The number of anilines is 1. The van der Waals surface area contributed by atoms with Crippen LogP contribution < -0.4 is 10.6 Å². The number of para-hydroxylation sites is 1. The summed E-state index contributed by atoms with van der Waals surface area (Å²) in [6.45, 7) is 3.67. The summed E-state index contributed by atoms with van der Waals surface area (Å²) in [4.78, 5) is 24.3. The summed E-state index contributed by atoms with van der Waals surface area (Å²) < 4.78 is 0. The molecule has 0 atom stereocenters. The zero-order valence-electron chi connectivity index (χ0n) is 12.8. The van der Waals surface area contributed by atoms with Gasteiger partial charge in [-0.3, -0.25) is 9.59 Å². The summed E-state index contributed by atoms with van der Waals surface area (Å²) >= 11 is 0. The lowest BCUT2D eigenvalue weighted by Crippen LogP contribution is -2.36. The van der Waals surface area contributed by atoms with Gasteiger partial charge < -0.3 is 10.6 Å². The number of hydrogen-bond acceptors (Lipinski definition) is 2. The molecule has 0 aromatic heterocycles. The number of carbonyl (C=O) groups excluding carboxylic acids is 2. The molecule has 4 heteroatoms. The van der Waals surface area contributed by atoms with E-state index in [-0.39, 0.29) is 23.8 Å². The van der Waals surface area contributed by atoms with Crippen molar-refractivity contribution in [3.05, 3.63) is 29.8 Å². The Hall–Kier alpha value is -1.84. The highest BCUT2D eigenvalue weighted by atomic mass is 16.2. The van der Waals surface area contributed by atoms with E-state index in [9.17, 15) is 9.59 Å². The monoisotopic (exact) mass is 288 g/mol. The van der Waals surface area contributed by atoms with Crippen molar-refractivity contribution >= 4 is 17.5 Å². The standard InChI is InChI=1S/C17H24N2O2/c1-12(2)16(20)19-15-11-7-6-10-14(15)17(21)18-13-8-4-3-5-9-13/h6-7,10-13H,3-5,8-9H2,1-2H3,(H,18,21)(H,19,20). The highest BCUT2D eigenvalue weighted by Crippen LogP contribution is 2.20. The third-order valence-corrected chi connectivity index (χ3v) is 3.89. The van der Waals surface area contributed by atoms with E-state index in [0.29, 0.717) is 11.3 Å². The second kappa shape index (κ2) is 7.25. The molecule has 1 fully saturated rings. The van der Waals surface area contributed by atoms with Gasteiger partial charge in [0.25, 0.3) is 5.91 Å². The first-order valence-corrected chi connectivity index (χ1v) is 7.78. The summed E-state index contributed by atoms with van der Waals surface area (Å²) in [6.07, 6.45) is 5.71. The van der Waals surface area contributed by atoms with Crippen molar-refractivity contribution in [1.82, 2.24) is 5.32 Å². The number of carbonyl (C=O) groups is 2. The molecule has 114 valence electrons. The van der Waals surface area contributed by atoms with E-state index in [0.717, 1.165) is 12.8 Å². The maximum absolute atomic E-state index is 12.4. The van der Waals surface area contributed by atoms with E-state index < -0.39 is 0 Å². The predicted octanol–water partition coefficient (Wildman–Crippen LogP) is 3.34. The molecule has 1 saturated carbocycles. The lowest BCUT2D eigenvalue weighted by Gasteiger charge is -2.23. The Morgan fingerprint density at radius 3 is 2.43 bits per heavy atom. The van der Waals surface area contributed by atoms with Gasteiger partial charge in [0.1, 0.15) is 0 Å². The number of amides is 2. The Kier molecular flexibility index (Phi) is 5.37. The van der Waals surface area contributed by atoms with Crippen LogP contribution in [0.1, 0.15) is 56.3 Å². The van der Waals surface area contributed by atoms with Gasteiger partial charge >= 0.3 is 0 Å². The van der Waals surface area contributed by atoms with Crippen molar-refractivity contribution in [2.24, 2.45) is 5.92 Å². The van der Waals surface area contributed by atoms with Gasteiger partial charge in [0.2, 0.25) is 5.91 Å². The van der Waals surface area contributed by atoms with Gasteiger partial charge in [-0.15, -0.1) is 0 Å². The lowest BCUT2D eigenvalue weighted by molar-refractivity contribution is -0.118. The number of nitrogens with one attached hydrogen (secondary N) is 2. The molecule has 0 bridgehead atoms. The van der Waals surface area contributed by atoms with Gasteiger partial charge in [-0.1, -0.05) is 45.2 Å². The van der Waals surface area contributed by atoms with Crippen molar-refractivity contribution in [2.45, 2.75) is 52.0 Å². The molecule has 0 spiro atoms. The first-order valence-electron chi connectivity index (χ1n) is 7.78. The van der Waals surface area contributed by atoms with E-state index in [4.69, 9.17) is 0 Å². The fourth-order valence-corrected chi connectivity index (χ4v) is 2.58. The molecule has 0 aliphatic heterocycles. The first kappa shape index (κ1) is 15.5. The molecule has 1 aliphatic rings. The summed E-state index contributed by atoms with van der Waals surface area (Å²) in [7, 11) is 0. The van der Waals surface area contributed by atoms with Gasteiger partial charge in [-0.2, -0.15) is 0 Å². The zero-order valence-corrected chi connectivity index (χ0v) is 12.8. The lowest BCUT2D eigenvalue weighted by atomic mass is 9.95. The van der Waals surface area contributed by atoms with Gasteiger partial charge in [0.15, 0.2) is 0 Å². The Morgan fingerprint density at radius 1 is 1.10 bits per heavy atom. The quantitative estimate of drug-likeness (QED) is 0.892. The molecule has 4 nitrogen and oxygen atoms in total. The van der Waals surface area contributed by atoms with Crippen LogP contribution in [0.25, 0.3) is 0 Å². The molecule has 21 heavy (non-hydrogen) atoms. The van der Waals surface area contributed by atoms with Crippen molar-refractivity contribution < 1.29 is 9.59 Å². The van der Waals surface area contributed by atoms with Crippen LogP contribution in [0, 0.1) is 5.92 Å². The van der Waals surface area contributed by atoms with E-state index >= 15 is 0 Å². The first-order chi connectivity index (χ1) is 10.1. The van der Waals surface area contributed by atoms with Gasteiger partial charge in [0, 0.05) is 12.0 Å². The van der Waals surface area contributed by atoms with Gasteiger partial charge in [0.05, 0.1) is 11.3 Å². The molecule has 0 radical (unpaired) electrons. The minimum absolute atomic E-state index is 0.0760. The largest absolute Gasteiger partial charge is 0.349 e. The van der Waals surface area contributed by atoms with Crippen LogP contribution in [0.4, 0.5) is 5.69 Å². The molecular formula is C17H24N2O2. The van der Waals surface area contributed by atoms with Crippen LogP contribution >= 0.6 is 0 Å². The van der Waals surface area contributed by atoms with Crippen LogP contribution in [0.2, 0.25) is 0 Å². The normalized spacial score (nSPS) is 15.8. The minimum Gasteiger partial charge on any atom is -0.349 e. The Morgan fingerprint density at radius 2 is 1.76 bits per heavy atom. The Balaban J connectivity index is 2.07. The minimum atomic E-state index is -0.112. The highest BCUT2D eigenvalue weighted by Gasteiger charge is 2.19. The third kappa shape index (κ3) is 4.31. The van der Waals surface area contributed by atoms with Crippen LogP contribution in [0.15, 0.2) is 24.3 Å². The number of hydrogen-bond donors (Lipinski definition) is 2. The van der Waals surface area contributed by atoms with Crippen LogP contribution in [-0.4, -0.2) is 17.9 Å². The molecule has 0 heterocycles. The molecule has 2 N–H and O–H groups in total. The topological polar surface area (TPSA) is 58.2 Å². The second-order valence-electron chi connectivity index (χ2n) is 6.00. The van der Waals surface area contributed by atoms with E-state index in [1.54, 1.807) is 12.1 Å². The fourth-order valence-electron chi connectivity index (χ4n) is 2.58. The van der Waals surface area contributed by atoms with Crippen molar-refractivity contribution in [1.29, 1.82) is 0 Å². The SMILES string of the molecule is CC(C)C(=O)Nc1ccccc1C(=O)NC1CCCCC1. The van der Waals surface area contributed by atoms with Crippen LogP contribution in [-0.2, 0) is 4.79 Å². The molecule has 1 aliphatic carbocycles. The van der Waals surface area contributed by atoms with Crippen LogP contribution in [0.3, 0.4) is 0 Å². The van der Waals surface area contributed by atoms with Crippen molar-refractivity contribution in [2.75, 3.05) is 5.32 Å². The number of benzene rings is 1. The smallest absolute Gasteiger partial charge is 0.253 e. The Bertz CT molecular complexity index is 505. The van der Waals surface area contributed by atoms with Crippen molar-refractivity contribution in [3.8, 4) is 0 Å². The zero-order chi connectivity index (χ0) is 15.2. The predicted molar refractivity (Wildman–Crippen MR) is 84.2 cm³/mol. The summed E-state index contributed by atoms with van der Waals surface area (Å²) in [5.41, 5.74) is 1.13. The van der Waals surface area contributed by atoms with Crippen LogP contribution in [0.5, 0.6) is 0 Å². The summed E-state index contributed by atoms with van der Waals surface area (Å²) in [5.74, 6) is -0.283. The average Bonchev–Trinajstić information content (AvgIpc) is 2.48. The fraction of sp³-hybridized carbons (Fsp3) is 0.529. The maximum atomic E-state index is 12.4. The average molecular weight is 288 g/mol. The molecule has 2 rings (SSSR count). The molecule has 1 aromatic carbocycles. The molecular weight excluding hydrogens is 264 g/mol. The van der Waals surface area contributed by atoms with Gasteiger partial charge in [-0.05, 0) is 25.0 Å². The maximum Gasteiger partial charge on any atom is 0.253 e. The highest BCUT2D eigenvalue weighted by molar-refractivity contribution is 6.04. The Labute approximate surface area is 126 Å². The van der Waals surface area contributed by atoms with E-state index in [1.165, 1.54) is 19.3 Å². The number of rotatable bonds is 4. The summed E-state index contributed by atoms with van der Waals surface area (Å²) in [6, 6.07) is 7.44.